The van der Waals surface area contributed by atoms with Crippen LogP contribution in [0.3, 0.4) is 0 Å². The molecule has 1 aromatic carbocycles. The molecule has 1 aliphatic carbocycles. The summed E-state index contributed by atoms with van der Waals surface area (Å²) in [6.45, 7) is 11.1. The summed E-state index contributed by atoms with van der Waals surface area (Å²) in [5.41, 5.74) is 7.94. The van der Waals surface area contributed by atoms with E-state index in [4.69, 9.17) is 0 Å². The Morgan fingerprint density at radius 2 is 1.50 bits per heavy atom. The summed E-state index contributed by atoms with van der Waals surface area (Å²) in [4.78, 5) is 1.41. The summed E-state index contributed by atoms with van der Waals surface area (Å²) < 4.78 is 6.22. The molecule has 0 fully saturated rings. The van der Waals surface area contributed by atoms with Gasteiger partial charge in [0.2, 0.25) is 0 Å². The highest BCUT2D eigenvalue weighted by molar-refractivity contribution is 7.20. The van der Waals surface area contributed by atoms with Crippen LogP contribution in [0.2, 0.25) is 0 Å². The van der Waals surface area contributed by atoms with Gasteiger partial charge < -0.3 is 9.13 Å². The Labute approximate surface area is 170 Å². The Morgan fingerprint density at radius 3 is 2.18 bits per heavy atom. The summed E-state index contributed by atoms with van der Waals surface area (Å²) in [5, 5.41) is 1.41. The average Bonchev–Trinajstić information content (AvgIpc) is 3.30. The van der Waals surface area contributed by atoms with Crippen molar-refractivity contribution in [3.8, 4) is 5.69 Å². The molecule has 3 heteroatoms. The lowest BCUT2D eigenvalue weighted by Gasteiger charge is -2.34. The number of benzene rings is 1. The van der Waals surface area contributed by atoms with Crippen LogP contribution in [0.25, 0.3) is 21.8 Å². The van der Waals surface area contributed by atoms with Gasteiger partial charge in [0.15, 0.2) is 0 Å². The van der Waals surface area contributed by atoms with Gasteiger partial charge in [-0.05, 0) is 94.1 Å². The Kier molecular flexibility index (Phi) is 3.76. The van der Waals surface area contributed by atoms with Crippen LogP contribution in [-0.4, -0.2) is 9.13 Å². The molecule has 0 bridgehead atoms. The van der Waals surface area contributed by atoms with Gasteiger partial charge in [0.1, 0.15) is 0 Å². The molecule has 0 radical (unpaired) electrons. The highest BCUT2D eigenvalue weighted by Gasteiger charge is 2.31. The zero-order valence-electron chi connectivity index (χ0n) is 17.2. The fraction of sp³-hybridized carbons (Fsp3) is 0.280. The smallest absolute Gasteiger partial charge is 0.0643 e. The van der Waals surface area contributed by atoms with Gasteiger partial charge >= 0.3 is 0 Å². The van der Waals surface area contributed by atoms with Gasteiger partial charge in [0.05, 0.1) is 5.54 Å². The fourth-order valence-corrected chi connectivity index (χ4v) is 6.09. The highest BCUT2D eigenvalue weighted by Crippen LogP contribution is 2.42. The number of rotatable bonds is 2. The van der Waals surface area contributed by atoms with Crippen LogP contribution in [-0.2, 0) is 12.0 Å². The van der Waals surface area contributed by atoms with Crippen molar-refractivity contribution in [3.05, 3.63) is 81.8 Å². The lowest BCUT2D eigenvalue weighted by Crippen LogP contribution is -2.33. The second kappa shape index (κ2) is 5.99. The number of hydrogen-bond acceptors (Lipinski definition) is 1. The predicted octanol–water partition coefficient (Wildman–Crippen LogP) is 6.71. The normalized spacial score (nSPS) is 18.8. The maximum absolute atomic E-state index is 2.49. The largest absolute Gasteiger partial charge is 0.340 e. The van der Waals surface area contributed by atoms with Crippen LogP contribution in [0.15, 0.2) is 48.5 Å². The van der Waals surface area contributed by atoms with Crippen molar-refractivity contribution in [3.63, 3.8) is 0 Å². The van der Waals surface area contributed by atoms with E-state index in [-0.39, 0.29) is 5.54 Å². The first-order valence-corrected chi connectivity index (χ1v) is 10.7. The number of thiophene rings is 1. The first-order valence-electron chi connectivity index (χ1n) is 9.93. The standard InChI is InChI=1S/C25H26N2S/c1-16-6-7-17(2)26(16)20-10-11-23-21(14-20)22-15-25(5,13-12-24(22)28-23)27-18(3)8-9-19(27)4/h6-14H,15H2,1-5H3. The summed E-state index contributed by atoms with van der Waals surface area (Å²) in [7, 11) is 0. The summed E-state index contributed by atoms with van der Waals surface area (Å²) in [6.07, 6.45) is 5.77. The van der Waals surface area contributed by atoms with Crippen LogP contribution in [0.1, 0.15) is 40.1 Å². The van der Waals surface area contributed by atoms with Crippen molar-refractivity contribution in [1.29, 1.82) is 0 Å². The van der Waals surface area contributed by atoms with Gasteiger partial charge in [-0.25, -0.2) is 0 Å². The topological polar surface area (TPSA) is 9.86 Å². The van der Waals surface area contributed by atoms with Gasteiger partial charge in [0, 0.05) is 44.5 Å². The van der Waals surface area contributed by atoms with Crippen LogP contribution in [0.4, 0.5) is 0 Å². The third-order valence-corrected chi connectivity index (χ3v) is 7.42. The molecule has 0 amide bonds. The van der Waals surface area contributed by atoms with Gasteiger partial charge in [-0.15, -0.1) is 11.3 Å². The molecule has 0 saturated heterocycles. The molecule has 1 aliphatic rings. The third kappa shape index (κ3) is 2.46. The predicted molar refractivity (Wildman–Crippen MR) is 121 cm³/mol. The molecular formula is C25H26N2S. The van der Waals surface area contributed by atoms with Gasteiger partial charge in [0.25, 0.3) is 0 Å². The van der Waals surface area contributed by atoms with Crippen LogP contribution >= 0.6 is 11.3 Å². The van der Waals surface area contributed by atoms with Gasteiger partial charge in [-0.1, -0.05) is 6.08 Å². The Hall–Kier alpha value is -2.52. The summed E-state index contributed by atoms with van der Waals surface area (Å²) in [5.74, 6) is 0. The van der Waals surface area contributed by atoms with E-state index in [2.05, 4.69) is 98.4 Å². The number of aryl methyl sites for hydroxylation is 4. The van der Waals surface area contributed by atoms with Crippen molar-refractivity contribution in [2.75, 3.05) is 0 Å². The molecule has 0 aliphatic heterocycles. The molecule has 28 heavy (non-hydrogen) atoms. The Morgan fingerprint density at radius 1 is 0.857 bits per heavy atom. The minimum atomic E-state index is -0.0199. The number of aromatic nitrogens is 2. The molecule has 0 spiro atoms. The van der Waals surface area contributed by atoms with E-state index in [1.54, 1.807) is 0 Å². The zero-order valence-corrected chi connectivity index (χ0v) is 18.0. The van der Waals surface area contributed by atoms with E-state index < -0.39 is 0 Å². The van der Waals surface area contributed by atoms with Crippen molar-refractivity contribution < 1.29 is 0 Å². The molecule has 2 nitrogen and oxygen atoms in total. The second-order valence-electron chi connectivity index (χ2n) is 8.40. The van der Waals surface area contributed by atoms with Crippen molar-refractivity contribution in [2.24, 2.45) is 0 Å². The molecule has 1 unspecified atom stereocenters. The molecule has 142 valence electrons. The first-order chi connectivity index (χ1) is 13.4. The van der Waals surface area contributed by atoms with Crippen molar-refractivity contribution in [1.82, 2.24) is 9.13 Å². The molecule has 0 saturated carbocycles. The Bertz CT molecular complexity index is 1210. The van der Waals surface area contributed by atoms with Crippen molar-refractivity contribution in [2.45, 2.75) is 46.6 Å². The number of nitrogens with zero attached hydrogens (tertiary/aromatic N) is 2. The lowest BCUT2D eigenvalue weighted by atomic mass is 9.86. The molecule has 1 atom stereocenters. The average molecular weight is 387 g/mol. The van der Waals surface area contributed by atoms with Crippen LogP contribution in [0, 0.1) is 27.7 Å². The number of allylic oxidation sites excluding steroid dienone is 1. The van der Waals surface area contributed by atoms with E-state index >= 15 is 0 Å². The monoisotopic (exact) mass is 386 g/mol. The molecular weight excluding hydrogens is 360 g/mol. The van der Waals surface area contributed by atoms with Gasteiger partial charge in [-0.3, -0.25) is 0 Å². The summed E-state index contributed by atoms with van der Waals surface area (Å²) in [6, 6.07) is 15.8. The highest BCUT2D eigenvalue weighted by atomic mass is 32.1. The van der Waals surface area contributed by atoms with E-state index in [0.29, 0.717) is 0 Å². The Balaban J connectivity index is 1.67. The fourth-order valence-electron chi connectivity index (χ4n) is 4.99. The van der Waals surface area contributed by atoms with E-state index in [1.807, 2.05) is 11.3 Å². The van der Waals surface area contributed by atoms with Crippen molar-refractivity contribution >= 4 is 27.5 Å². The van der Waals surface area contributed by atoms with Crippen LogP contribution < -0.4 is 0 Å². The summed E-state index contributed by atoms with van der Waals surface area (Å²) >= 11 is 1.92. The molecule has 5 rings (SSSR count). The molecule has 3 heterocycles. The lowest BCUT2D eigenvalue weighted by molar-refractivity contribution is 0.393. The van der Waals surface area contributed by atoms with E-state index in [1.165, 1.54) is 49.0 Å². The zero-order chi connectivity index (χ0) is 19.6. The number of fused-ring (bicyclic) bond motifs is 3. The second-order valence-corrected chi connectivity index (χ2v) is 9.48. The van der Waals surface area contributed by atoms with Gasteiger partial charge in [-0.2, -0.15) is 0 Å². The maximum Gasteiger partial charge on any atom is 0.0643 e. The minimum Gasteiger partial charge on any atom is -0.340 e. The van der Waals surface area contributed by atoms with E-state index in [9.17, 15) is 0 Å². The molecule has 4 aromatic rings. The number of hydrogen-bond donors (Lipinski definition) is 0. The van der Waals surface area contributed by atoms with Crippen LogP contribution in [0.5, 0.6) is 0 Å². The minimum absolute atomic E-state index is 0.0199. The molecule has 3 aromatic heterocycles. The maximum atomic E-state index is 2.49. The molecule has 0 N–H and O–H groups in total. The SMILES string of the molecule is Cc1ccc(C)n1-c1ccc2sc3c(c2c1)CC(C)(n1c(C)ccc1C)C=C3. The van der Waals surface area contributed by atoms with E-state index in [0.717, 1.165) is 6.42 Å². The quantitative estimate of drug-likeness (QED) is 0.362. The first kappa shape index (κ1) is 17.6. The third-order valence-electron chi connectivity index (χ3n) is 6.25.